The van der Waals surface area contributed by atoms with E-state index < -0.39 is 0 Å². The summed E-state index contributed by atoms with van der Waals surface area (Å²) in [4.78, 5) is 11.3. The van der Waals surface area contributed by atoms with Crippen LogP contribution in [0.3, 0.4) is 0 Å². The summed E-state index contributed by atoms with van der Waals surface area (Å²) >= 11 is 6.05. The summed E-state index contributed by atoms with van der Waals surface area (Å²) in [7, 11) is 1.83. The Morgan fingerprint density at radius 3 is 2.88 bits per heavy atom. The number of fused-ring (bicyclic) bond motifs is 1. The molecule has 0 saturated carbocycles. The van der Waals surface area contributed by atoms with Crippen LogP contribution >= 0.6 is 11.6 Å². The van der Waals surface area contributed by atoms with Gasteiger partial charge in [-0.1, -0.05) is 37.6 Å². The minimum absolute atomic E-state index is 0.650. The predicted molar refractivity (Wildman–Crippen MR) is 105 cm³/mol. The average Bonchev–Trinajstić information content (AvgIpc) is 3.06. The molecule has 4 nitrogen and oxygen atoms in total. The Balaban J connectivity index is 0.00000109. The van der Waals surface area contributed by atoms with Gasteiger partial charge in [-0.3, -0.25) is 9.89 Å². The van der Waals surface area contributed by atoms with Crippen LogP contribution in [0.25, 0.3) is 11.5 Å². The van der Waals surface area contributed by atoms with Gasteiger partial charge in [0, 0.05) is 49.4 Å². The van der Waals surface area contributed by atoms with Crippen LogP contribution in [-0.4, -0.2) is 35.7 Å². The van der Waals surface area contributed by atoms with Gasteiger partial charge in [-0.15, -0.1) is 0 Å². The Bertz CT molecular complexity index is 749. The lowest BCUT2D eigenvalue weighted by Crippen LogP contribution is -2.34. The molecule has 0 aliphatic carbocycles. The number of hydrogen-bond donors (Lipinski definition) is 0. The second kappa shape index (κ2) is 9.54. The number of nitrogens with zero attached hydrogens (tertiary/aromatic N) is 3. The monoisotopic (exact) mass is 359 g/mol. The Morgan fingerprint density at radius 2 is 2.20 bits per heavy atom. The maximum Gasteiger partial charge on any atom is 0.226 e. The fourth-order valence-electron chi connectivity index (χ4n) is 2.75. The molecule has 0 unspecified atom stereocenters. The summed E-state index contributed by atoms with van der Waals surface area (Å²) in [6.07, 6.45) is 4.94. The Labute approximate surface area is 155 Å². The van der Waals surface area contributed by atoms with Gasteiger partial charge in [-0.25, -0.2) is 4.98 Å². The van der Waals surface area contributed by atoms with Crippen molar-refractivity contribution in [1.82, 2.24) is 9.88 Å². The fraction of sp³-hybridized carbons (Fsp3) is 0.400. The lowest BCUT2D eigenvalue weighted by Gasteiger charge is -2.24. The molecule has 2 aromatic rings. The molecule has 5 heteroatoms. The van der Waals surface area contributed by atoms with Gasteiger partial charge < -0.3 is 4.42 Å². The third-order valence-corrected chi connectivity index (χ3v) is 4.15. The van der Waals surface area contributed by atoms with Crippen LogP contribution < -0.4 is 0 Å². The normalized spacial score (nSPS) is 15.0. The Morgan fingerprint density at radius 1 is 1.40 bits per heavy atom. The molecule has 0 saturated heterocycles. The van der Waals surface area contributed by atoms with Crippen LogP contribution in [0.15, 0.2) is 45.8 Å². The van der Waals surface area contributed by atoms with Crippen molar-refractivity contribution in [3.8, 4) is 11.5 Å². The molecule has 3 rings (SSSR count). The van der Waals surface area contributed by atoms with Crippen molar-refractivity contribution >= 4 is 17.3 Å². The Kier molecular flexibility index (Phi) is 7.41. The number of benzene rings is 1. The van der Waals surface area contributed by atoms with E-state index >= 15 is 0 Å². The molecule has 0 N–H and O–H groups in total. The first-order valence-corrected chi connectivity index (χ1v) is 9.12. The molecule has 0 fully saturated rings. The highest BCUT2D eigenvalue weighted by Crippen LogP contribution is 2.27. The molecule has 1 aliphatic heterocycles. The third kappa shape index (κ3) is 5.03. The standard InChI is InChI=1S/C18H20ClN3O.C2H6/c1-3-5-15(20-2)11-22-9-8-17-16(12-22)21-18(23-17)13-6-4-7-14(19)10-13;1-2/h3-7,10H,8-9,11-12H2,1-2H3;1-2H3/b5-3-,20-15?;. The molecule has 0 bridgehead atoms. The molecule has 1 aliphatic rings. The van der Waals surface area contributed by atoms with Gasteiger partial charge >= 0.3 is 0 Å². The molecule has 1 aromatic heterocycles. The Hall–Kier alpha value is -1.91. The summed E-state index contributed by atoms with van der Waals surface area (Å²) in [6, 6.07) is 7.61. The number of halogens is 1. The molecule has 0 spiro atoms. The average molecular weight is 360 g/mol. The van der Waals surface area contributed by atoms with Crippen LogP contribution in [0, 0.1) is 0 Å². The number of aliphatic imine (C=N–C) groups is 1. The van der Waals surface area contributed by atoms with E-state index in [9.17, 15) is 0 Å². The summed E-state index contributed by atoms with van der Waals surface area (Å²) in [5, 5.41) is 0.690. The maximum atomic E-state index is 6.05. The van der Waals surface area contributed by atoms with Gasteiger partial charge in [-0.05, 0) is 31.2 Å². The highest BCUT2D eigenvalue weighted by atomic mass is 35.5. The molecule has 25 heavy (non-hydrogen) atoms. The molecule has 0 amide bonds. The van der Waals surface area contributed by atoms with Crippen LogP contribution in [-0.2, 0) is 13.0 Å². The van der Waals surface area contributed by atoms with Crippen molar-refractivity contribution in [3.05, 3.63) is 52.9 Å². The van der Waals surface area contributed by atoms with Crippen LogP contribution in [0.4, 0.5) is 0 Å². The van der Waals surface area contributed by atoms with Gasteiger partial charge in [0.25, 0.3) is 0 Å². The zero-order chi connectivity index (χ0) is 18.2. The topological polar surface area (TPSA) is 41.6 Å². The highest BCUT2D eigenvalue weighted by molar-refractivity contribution is 6.30. The van der Waals surface area contributed by atoms with Crippen molar-refractivity contribution < 1.29 is 4.42 Å². The van der Waals surface area contributed by atoms with E-state index in [1.54, 1.807) is 0 Å². The van der Waals surface area contributed by atoms with Crippen molar-refractivity contribution in [3.63, 3.8) is 0 Å². The zero-order valence-corrected chi connectivity index (χ0v) is 16.2. The predicted octanol–water partition coefficient (Wildman–Crippen LogP) is 5.03. The lowest BCUT2D eigenvalue weighted by molar-refractivity contribution is 0.273. The van der Waals surface area contributed by atoms with Crippen molar-refractivity contribution in [2.75, 3.05) is 20.1 Å². The largest absolute Gasteiger partial charge is 0.441 e. The molecule has 2 heterocycles. The molecule has 1 aromatic carbocycles. The van der Waals surface area contributed by atoms with E-state index in [-0.39, 0.29) is 0 Å². The SMILES string of the molecule is C/C=C\C(CN1CCc2oc(-c3cccc(Cl)c3)nc2C1)=NC.CC. The van der Waals surface area contributed by atoms with Gasteiger partial charge in [0.2, 0.25) is 5.89 Å². The zero-order valence-electron chi connectivity index (χ0n) is 15.4. The van der Waals surface area contributed by atoms with Gasteiger partial charge in [0.05, 0.1) is 5.69 Å². The van der Waals surface area contributed by atoms with Gasteiger partial charge in [-0.2, -0.15) is 0 Å². The minimum atomic E-state index is 0.650. The van der Waals surface area contributed by atoms with E-state index in [0.717, 1.165) is 48.8 Å². The van der Waals surface area contributed by atoms with E-state index in [4.69, 9.17) is 16.0 Å². The molecule has 0 radical (unpaired) electrons. The number of rotatable bonds is 4. The van der Waals surface area contributed by atoms with Gasteiger partial charge in [0.1, 0.15) is 5.76 Å². The summed E-state index contributed by atoms with van der Waals surface area (Å²) < 4.78 is 5.93. The minimum Gasteiger partial charge on any atom is -0.441 e. The van der Waals surface area contributed by atoms with Crippen molar-refractivity contribution in [2.24, 2.45) is 4.99 Å². The molecule has 134 valence electrons. The molecule has 0 atom stereocenters. The maximum absolute atomic E-state index is 6.05. The smallest absolute Gasteiger partial charge is 0.226 e. The van der Waals surface area contributed by atoms with Gasteiger partial charge in [0.15, 0.2) is 0 Å². The lowest BCUT2D eigenvalue weighted by atomic mass is 10.1. The number of hydrogen-bond acceptors (Lipinski definition) is 4. The second-order valence-corrected chi connectivity index (χ2v) is 6.01. The number of oxazole rings is 1. The first-order valence-electron chi connectivity index (χ1n) is 8.75. The highest BCUT2D eigenvalue weighted by Gasteiger charge is 2.23. The van der Waals surface area contributed by atoms with Crippen molar-refractivity contribution in [1.29, 1.82) is 0 Å². The van der Waals surface area contributed by atoms with Crippen LogP contribution in [0.1, 0.15) is 32.2 Å². The van der Waals surface area contributed by atoms with E-state index in [0.29, 0.717) is 10.9 Å². The first-order chi connectivity index (χ1) is 12.2. The quantitative estimate of drug-likeness (QED) is 0.719. The molecular formula is C20H26ClN3O. The second-order valence-electron chi connectivity index (χ2n) is 5.57. The van der Waals surface area contributed by atoms with Crippen LogP contribution in [0.5, 0.6) is 0 Å². The first kappa shape index (κ1) is 19.4. The summed E-state index contributed by atoms with van der Waals surface area (Å²) in [5.74, 6) is 1.63. The van der Waals surface area contributed by atoms with E-state index in [1.165, 1.54) is 0 Å². The fourth-order valence-corrected chi connectivity index (χ4v) is 2.94. The number of aromatic nitrogens is 1. The third-order valence-electron chi connectivity index (χ3n) is 3.91. The van der Waals surface area contributed by atoms with E-state index in [1.807, 2.05) is 58.2 Å². The number of allylic oxidation sites excluding steroid dienone is 1. The van der Waals surface area contributed by atoms with Crippen LogP contribution in [0.2, 0.25) is 5.02 Å². The van der Waals surface area contributed by atoms with Crippen molar-refractivity contribution in [2.45, 2.75) is 33.7 Å². The summed E-state index contributed by atoms with van der Waals surface area (Å²) in [6.45, 7) is 8.58. The summed E-state index contributed by atoms with van der Waals surface area (Å²) in [5.41, 5.74) is 3.01. The van der Waals surface area contributed by atoms with E-state index in [2.05, 4.69) is 21.0 Å². The molecular weight excluding hydrogens is 334 g/mol.